The van der Waals surface area contributed by atoms with E-state index < -0.39 is 17.2 Å². The number of nitrogens with zero attached hydrogens (tertiary/aromatic N) is 2. The third kappa shape index (κ3) is 10.5. The van der Waals surface area contributed by atoms with Gasteiger partial charge < -0.3 is 20.3 Å². The number of carbonyl (C=O) groups excluding carboxylic acids is 1. The smallest absolute Gasteiger partial charge is 0.408 e. The van der Waals surface area contributed by atoms with Gasteiger partial charge in [0.2, 0.25) is 0 Å². The van der Waals surface area contributed by atoms with Crippen LogP contribution in [0.4, 0.5) is 4.79 Å². The topological polar surface area (TPSA) is 66.0 Å². The van der Waals surface area contributed by atoms with E-state index in [0.29, 0.717) is 13.1 Å². The van der Waals surface area contributed by atoms with Crippen molar-refractivity contribution in [3.05, 3.63) is 35.9 Å². The highest BCUT2D eigenvalue weighted by Crippen LogP contribution is 2.09. The van der Waals surface area contributed by atoms with Crippen LogP contribution in [0.25, 0.3) is 0 Å². The quantitative estimate of drug-likeness (QED) is 0.387. The number of benzene rings is 1. The minimum atomic E-state index is -0.514. The van der Waals surface area contributed by atoms with Crippen LogP contribution in [-0.4, -0.2) is 48.7 Å². The highest BCUT2D eigenvalue weighted by Gasteiger charge is 2.25. The first-order valence-electron chi connectivity index (χ1n) is 8.49. The third-order valence-electron chi connectivity index (χ3n) is 3.21. The molecule has 2 N–H and O–H groups in total. The summed E-state index contributed by atoms with van der Waals surface area (Å²) >= 11 is 0. The van der Waals surface area contributed by atoms with Crippen LogP contribution < -0.4 is 10.6 Å². The average Bonchev–Trinajstić information content (AvgIpc) is 2.45. The van der Waals surface area contributed by atoms with Crippen LogP contribution in [0.3, 0.4) is 0 Å². The number of guanidine groups is 1. The van der Waals surface area contributed by atoms with Gasteiger partial charge in [0.1, 0.15) is 5.60 Å². The zero-order valence-electron chi connectivity index (χ0n) is 16.9. The Hall–Kier alpha value is -1.51. The Balaban J connectivity index is 0.00000625. The van der Waals surface area contributed by atoms with E-state index >= 15 is 0 Å². The summed E-state index contributed by atoms with van der Waals surface area (Å²) in [5.41, 5.74) is 0.153. The predicted molar refractivity (Wildman–Crippen MR) is 118 cm³/mol. The lowest BCUT2D eigenvalue weighted by Crippen LogP contribution is -2.54. The van der Waals surface area contributed by atoms with Crippen molar-refractivity contribution in [2.24, 2.45) is 4.99 Å². The molecule has 0 saturated heterocycles. The number of alkyl carbamates (subject to hydrolysis) is 1. The van der Waals surface area contributed by atoms with Crippen molar-refractivity contribution in [2.45, 2.75) is 52.3 Å². The van der Waals surface area contributed by atoms with Crippen molar-refractivity contribution < 1.29 is 9.53 Å². The molecular formula is C19H33IN4O2. The Morgan fingerprint density at radius 3 is 2.19 bits per heavy atom. The van der Waals surface area contributed by atoms with E-state index in [1.807, 2.05) is 83.9 Å². The van der Waals surface area contributed by atoms with E-state index in [2.05, 4.69) is 15.6 Å². The van der Waals surface area contributed by atoms with Crippen LogP contribution in [0.1, 0.15) is 40.2 Å². The molecule has 7 heteroatoms. The van der Waals surface area contributed by atoms with Crippen LogP contribution in [0, 0.1) is 0 Å². The molecule has 1 aromatic rings. The van der Waals surface area contributed by atoms with Crippen molar-refractivity contribution >= 4 is 36.0 Å². The standard InChI is InChI=1S/C19H32N4O2.HI/c1-18(2,3)25-17(24)22-19(4,5)14-21-16(23(6)7)20-13-15-11-9-8-10-12-15;/h8-12H,13-14H2,1-7H3,(H,20,21)(H,22,24);1H. The lowest BCUT2D eigenvalue weighted by atomic mass is 10.1. The van der Waals surface area contributed by atoms with Gasteiger partial charge in [-0.15, -0.1) is 24.0 Å². The summed E-state index contributed by atoms with van der Waals surface area (Å²) in [6.07, 6.45) is -0.424. The van der Waals surface area contributed by atoms with Gasteiger partial charge in [0, 0.05) is 20.6 Å². The van der Waals surface area contributed by atoms with Gasteiger partial charge in [-0.3, -0.25) is 0 Å². The van der Waals surface area contributed by atoms with E-state index in [9.17, 15) is 4.79 Å². The summed E-state index contributed by atoms with van der Waals surface area (Å²) in [4.78, 5) is 18.5. The van der Waals surface area contributed by atoms with Crippen LogP contribution in [0.2, 0.25) is 0 Å². The second-order valence-corrected chi connectivity index (χ2v) is 7.88. The van der Waals surface area contributed by atoms with Crippen LogP contribution >= 0.6 is 24.0 Å². The van der Waals surface area contributed by atoms with Gasteiger partial charge in [0.25, 0.3) is 0 Å². The highest BCUT2D eigenvalue weighted by molar-refractivity contribution is 14.0. The summed E-state index contributed by atoms with van der Waals surface area (Å²) in [5.74, 6) is 0.767. The van der Waals surface area contributed by atoms with Gasteiger partial charge in [-0.05, 0) is 40.2 Å². The summed E-state index contributed by atoms with van der Waals surface area (Å²) in [6, 6.07) is 10.1. The van der Waals surface area contributed by atoms with Gasteiger partial charge in [-0.1, -0.05) is 30.3 Å². The third-order valence-corrected chi connectivity index (χ3v) is 3.21. The summed E-state index contributed by atoms with van der Waals surface area (Å²) < 4.78 is 5.31. The number of ether oxygens (including phenoxy) is 1. The molecule has 0 aliphatic carbocycles. The van der Waals surface area contributed by atoms with E-state index in [1.165, 1.54) is 0 Å². The molecule has 0 unspecified atom stereocenters. The van der Waals surface area contributed by atoms with Gasteiger partial charge in [0.05, 0.1) is 12.1 Å². The van der Waals surface area contributed by atoms with Crippen molar-refractivity contribution in [1.29, 1.82) is 0 Å². The number of hydrogen-bond acceptors (Lipinski definition) is 3. The molecule has 0 atom stereocenters. The molecule has 1 rings (SSSR count). The zero-order valence-corrected chi connectivity index (χ0v) is 19.3. The first-order valence-corrected chi connectivity index (χ1v) is 8.49. The van der Waals surface area contributed by atoms with Gasteiger partial charge in [-0.2, -0.15) is 0 Å². The fourth-order valence-corrected chi connectivity index (χ4v) is 2.03. The molecule has 0 radical (unpaired) electrons. The van der Waals surface area contributed by atoms with Crippen molar-refractivity contribution in [3.8, 4) is 0 Å². The van der Waals surface area contributed by atoms with Crippen LogP contribution in [-0.2, 0) is 11.3 Å². The minimum Gasteiger partial charge on any atom is -0.444 e. The number of carbonyl (C=O) groups is 1. The molecule has 0 aliphatic heterocycles. The average molecular weight is 476 g/mol. The zero-order chi connectivity index (χ0) is 19.1. The molecule has 0 aromatic heterocycles. The number of hydrogen-bond donors (Lipinski definition) is 2. The van der Waals surface area contributed by atoms with Gasteiger partial charge in [0.15, 0.2) is 5.96 Å². The summed E-state index contributed by atoms with van der Waals surface area (Å²) in [5, 5.41) is 6.19. The van der Waals surface area contributed by atoms with Gasteiger partial charge in [-0.25, -0.2) is 9.79 Å². The monoisotopic (exact) mass is 476 g/mol. The molecule has 0 fully saturated rings. The molecule has 0 aliphatic rings. The van der Waals surface area contributed by atoms with Crippen LogP contribution in [0.15, 0.2) is 35.3 Å². The number of halogens is 1. The van der Waals surface area contributed by atoms with Crippen molar-refractivity contribution in [1.82, 2.24) is 15.5 Å². The second kappa shape index (κ2) is 10.6. The van der Waals surface area contributed by atoms with Crippen molar-refractivity contribution in [2.75, 3.05) is 20.6 Å². The maximum Gasteiger partial charge on any atom is 0.408 e. The minimum absolute atomic E-state index is 0. The highest BCUT2D eigenvalue weighted by atomic mass is 127. The molecule has 0 heterocycles. The lowest BCUT2D eigenvalue weighted by molar-refractivity contribution is 0.0474. The maximum atomic E-state index is 12.0. The fourth-order valence-electron chi connectivity index (χ4n) is 2.03. The molecular weight excluding hydrogens is 443 g/mol. The number of rotatable bonds is 5. The first kappa shape index (κ1) is 24.5. The molecule has 1 aromatic carbocycles. The molecule has 0 saturated carbocycles. The lowest BCUT2D eigenvalue weighted by Gasteiger charge is -2.30. The summed E-state index contributed by atoms with van der Waals surface area (Å²) in [6.45, 7) is 10.5. The number of nitrogens with one attached hydrogen (secondary N) is 2. The number of aliphatic imine (C=N–C) groups is 1. The normalized spacial score (nSPS) is 12.0. The Labute approximate surface area is 174 Å². The van der Waals surface area contributed by atoms with Gasteiger partial charge >= 0.3 is 6.09 Å². The molecule has 1 amide bonds. The molecule has 6 nitrogen and oxygen atoms in total. The SMILES string of the molecule is CN(C)C(=NCc1ccccc1)NCC(C)(C)NC(=O)OC(C)(C)C.I. The Kier molecular flexibility index (Phi) is 9.98. The Bertz CT molecular complexity index is 581. The predicted octanol–water partition coefficient (Wildman–Crippen LogP) is 3.62. The molecule has 0 spiro atoms. The largest absolute Gasteiger partial charge is 0.444 e. The van der Waals surface area contributed by atoms with E-state index in [-0.39, 0.29) is 24.0 Å². The Morgan fingerprint density at radius 2 is 1.69 bits per heavy atom. The van der Waals surface area contributed by atoms with Crippen LogP contribution in [0.5, 0.6) is 0 Å². The maximum absolute atomic E-state index is 12.0. The molecule has 26 heavy (non-hydrogen) atoms. The number of amides is 1. The molecule has 148 valence electrons. The van der Waals surface area contributed by atoms with E-state index in [1.54, 1.807) is 0 Å². The Morgan fingerprint density at radius 1 is 1.12 bits per heavy atom. The van der Waals surface area contributed by atoms with E-state index in [4.69, 9.17) is 4.74 Å². The first-order chi connectivity index (χ1) is 11.5. The second-order valence-electron chi connectivity index (χ2n) is 7.88. The summed E-state index contributed by atoms with van der Waals surface area (Å²) in [7, 11) is 3.87. The molecule has 0 bridgehead atoms. The van der Waals surface area contributed by atoms with E-state index in [0.717, 1.165) is 11.5 Å². The fraction of sp³-hybridized carbons (Fsp3) is 0.579. The van der Waals surface area contributed by atoms with Crippen molar-refractivity contribution in [3.63, 3.8) is 0 Å².